The quantitative estimate of drug-likeness (QED) is 0.213. The van der Waals surface area contributed by atoms with Crippen LogP contribution < -0.4 is 10.6 Å². The summed E-state index contributed by atoms with van der Waals surface area (Å²) < 4.78 is 11.2. The molecule has 0 radical (unpaired) electrons. The Morgan fingerprint density at radius 3 is 2.69 bits per heavy atom. The molecule has 0 amide bonds. The third-order valence-electron chi connectivity index (χ3n) is 5.97. The van der Waals surface area contributed by atoms with E-state index in [4.69, 9.17) is 14.5 Å². The highest BCUT2D eigenvalue weighted by Crippen LogP contribution is 2.41. The number of guanidine groups is 1. The lowest BCUT2D eigenvalue weighted by atomic mass is 9.79. The molecule has 1 heterocycles. The second-order valence-electron chi connectivity index (χ2n) is 8.13. The van der Waals surface area contributed by atoms with Crippen molar-refractivity contribution >= 4 is 29.9 Å². The molecular formula is C23H38IN3O2. The van der Waals surface area contributed by atoms with Crippen molar-refractivity contribution in [2.24, 2.45) is 10.9 Å². The number of hydrogen-bond donors (Lipinski definition) is 2. The van der Waals surface area contributed by atoms with Crippen LogP contribution in [-0.4, -0.2) is 52.0 Å². The molecule has 1 atom stereocenters. The minimum absolute atomic E-state index is 0. The molecule has 3 rings (SSSR count). The van der Waals surface area contributed by atoms with Crippen molar-refractivity contribution in [3.8, 4) is 0 Å². The molecule has 6 heteroatoms. The van der Waals surface area contributed by atoms with Crippen LogP contribution in [0.3, 0.4) is 0 Å². The monoisotopic (exact) mass is 515 g/mol. The van der Waals surface area contributed by atoms with Crippen LogP contribution in [0.2, 0.25) is 0 Å². The summed E-state index contributed by atoms with van der Waals surface area (Å²) in [5.74, 6) is 1.52. The summed E-state index contributed by atoms with van der Waals surface area (Å²) in [6, 6.07) is 10.9. The molecule has 1 aliphatic carbocycles. The number of halogens is 1. The Balaban J connectivity index is 0.00000300. The van der Waals surface area contributed by atoms with Crippen LogP contribution in [0, 0.1) is 5.92 Å². The van der Waals surface area contributed by atoms with E-state index in [-0.39, 0.29) is 29.4 Å². The molecule has 1 aromatic rings. The Bertz CT molecular complexity index is 585. The number of ether oxygens (including phenoxy) is 2. The zero-order valence-corrected chi connectivity index (χ0v) is 20.2. The molecule has 1 aliphatic heterocycles. The van der Waals surface area contributed by atoms with Gasteiger partial charge in [0.2, 0.25) is 0 Å². The van der Waals surface area contributed by atoms with Gasteiger partial charge in [0.25, 0.3) is 0 Å². The van der Waals surface area contributed by atoms with Gasteiger partial charge in [-0.15, -0.1) is 24.0 Å². The predicted octanol–water partition coefficient (Wildman–Crippen LogP) is 4.11. The maximum atomic E-state index is 5.79. The maximum absolute atomic E-state index is 5.79. The predicted molar refractivity (Wildman–Crippen MR) is 130 cm³/mol. The van der Waals surface area contributed by atoms with Gasteiger partial charge >= 0.3 is 0 Å². The van der Waals surface area contributed by atoms with Crippen molar-refractivity contribution in [2.45, 2.75) is 50.9 Å². The number of benzene rings is 1. The molecule has 1 unspecified atom stereocenters. The zero-order valence-electron chi connectivity index (χ0n) is 17.8. The summed E-state index contributed by atoms with van der Waals surface area (Å²) in [6.45, 7) is 8.09. The number of aliphatic imine (C=N–C) groups is 1. The average Bonchev–Trinajstić information content (AvgIpc) is 3.42. The Kier molecular flexibility index (Phi) is 11.3. The van der Waals surface area contributed by atoms with Gasteiger partial charge in [0.05, 0.1) is 19.8 Å². The average molecular weight is 515 g/mol. The van der Waals surface area contributed by atoms with Gasteiger partial charge in [-0.05, 0) is 38.2 Å². The molecule has 2 fully saturated rings. The van der Waals surface area contributed by atoms with Gasteiger partial charge in [0, 0.05) is 37.6 Å². The fourth-order valence-corrected chi connectivity index (χ4v) is 4.30. The molecule has 164 valence electrons. The summed E-state index contributed by atoms with van der Waals surface area (Å²) in [4.78, 5) is 4.96. The summed E-state index contributed by atoms with van der Waals surface area (Å²) in [5.41, 5.74) is 1.65. The third-order valence-corrected chi connectivity index (χ3v) is 5.97. The summed E-state index contributed by atoms with van der Waals surface area (Å²) in [5, 5.41) is 6.87. The molecular weight excluding hydrogens is 477 g/mol. The second kappa shape index (κ2) is 13.4. The highest BCUT2D eigenvalue weighted by Gasteiger charge is 2.35. The molecule has 0 spiro atoms. The first kappa shape index (κ1) is 24.4. The van der Waals surface area contributed by atoms with Crippen molar-refractivity contribution in [3.63, 3.8) is 0 Å². The van der Waals surface area contributed by atoms with Gasteiger partial charge in [-0.2, -0.15) is 0 Å². The molecule has 1 aromatic carbocycles. The molecule has 29 heavy (non-hydrogen) atoms. The lowest BCUT2D eigenvalue weighted by Gasteiger charge is -2.28. The Morgan fingerprint density at radius 2 is 2.00 bits per heavy atom. The summed E-state index contributed by atoms with van der Waals surface area (Å²) >= 11 is 0. The minimum Gasteiger partial charge on any atom is -0.381 e. The molecule has 0 bridgehead atoms. The Morgan fingerprint density at radius 1 is 1.21 bits per heavy atom. The van der Waals surface area contributed by atoms with E-state index in [1.165, 1.54) is 31.2 Å². The van der Waals surface area contributed by atoms with Crippen LogP contribution in [0.4, 0.5) is 0 Å². The molecule has 0 aromatic heterocycles. The lowest BCUT2D eigenvalue weighted by molar-refractivity contribution is 0.0888. The van der Waals surface area contributed by atoms with Gasteiger partial charge in [0.15, 0.2) is 5.96 Å². The van der Waals surface area contributed by atoms with Crippen molar-refractivity contribution in [1.82, 2.24) is 10.6 Å². The summed E-state index contributed by atoms with van der Waals surface area (Å²) in [7, 11) is 0. The van der Waals surface area contributed by atoms with Crippen molar-refractivity contribution in [3.05, 3.63) is 35.9 Å². The standard InChI is InChI=1S/C23H37N3O2.HI/c1-2-24-22(25-14-8-15-27-17-20-11-16-28-18-20)26-19-23(12-6-7-13-23)21-9-4-3-5-10-21;/h3-5,9-10,20H,2,6-8,11-19H2,1H3,(H2,24,25,26);1H. The van der Waals surface area contributed by atoms with Gasteiger partial charge in [0.1, 0.15) is 0 Å². The molecule has 2 aliphatic rings. The zero-order chi connectivity index (χ0) is 19.5. The van der Waals surface area contributed by atoms with Crippen molar-refractivity contribution < 1.29 is 9.47 Å². The number of nitrogens with one attached hydrogen (secondary N) is 2. The van der Waals surface area contributed by atoms with E-state index in [1.54, 1.807) is 0 Å². The molecule has 2 N–H and O–H groups in total. The first-order chi connectivity index (χ1) is 13.8. The van der Waals surface area contributed by atoms with E-state index in [9.17, 15) is 0 Å². The van der Waals surface area contributed by atoms with Crippen LogP contribution in [0.1, 0.15) is 51.0 Å². The Labute approximate surface area is 193 Å². The van der Waals surface area contributed by atoms with E-state index in [2.05, 4.69) is 47.9 Å². The van der Waals surface area contributed by atoms with Crippen LogP contribution >= 0.6 is 24.0 Å². The van der Waals surface area contributed by atoms with Crippen LogP contribution in [0.25, 0.3) is 0 Å². The molecule has 1 saturated carbocycles. The maximum Gasteiger partial charge on any atom is 0.191 e. The van der Waals surface area contributed by atoms with Gasteiger partial charge in [-0.25, -0.2) is 0 Å². The minimum atomic E-state index is 0. The first-order valence-corrected chi connectivity index (χ1v) is 11.1. The van der Waals surface area contributed by atoms with Gasteiger partial charge in [-0.1, -0.05) is 43.2 Å². The highest BCUT2D eigenvalue weighted by atomic mass is 127. The highest BCUT2D eigenvalue weighted by molar-refractivity contribution is 14.0. The lowest BCUT2D eigenvalue weighted by Crippen LogP contribution is -2.39. The normalized spacial score (nSPS) is 21.0. The largest absolute Gasteiger partial charge is 0.381 e. The number of rotatable bonds is 10. The topological polar surface area (TPSA) is 54.9 Å². The fraction of sp³-hybridized carbons (Fsp3) is 0.696. The molecule has 5 nitrogen and oxygen atoms in total. The van der Waals surface area contributed by atoms with Gasteiger partial charge < -0.3 is 20.1 Å². The van der Waals surface area contributed by atoms with E-state index < -0.39 is 0 Å². The van der Waals surface area contributed by atoms with Gasteiger partial charge in [-0.3, -0.25) is 4.99 Å². The third kappa shape index (κ3) is 7.72. The SMILES string of the molecule is CCNC(=NCC1(c2ccccc2)CCCC1)NCCCOCC1CCOC1.I. The van der Waals surface area contributed by atoms with Crippen LogP contribution in [0.5, 0.6) is 0 Å². The Hall–Kier alpha value is -0.860. The molecule has 1 saturated heterocycles. The van der Waals surface area contributed by atoms with E-state index in [1.807, 2.05) is 0 Å². The van der Waals surface area contributed by atoms with Crippen molar-refractivity contribution in [1.29, 1.82) is 0 Å². The van der Waals surface area contributed by atoms with E-state index >= 15 is 0 Å². The fourth-order valence-electron chi connectivity index (χ4n) is 4.30. The first-order valence-electron chi connectivity index (χ1n) is 11.1. The second-order valence-corrected chi connectivity index (χ2v) is 8.13. The summed E-state index contributed by atoms with van der Waals surface area (Å²) in [6.07, 6.45) is 7.20. The number of hydrogen-bond acceptors (Lipinski definition) is 3. The van der Waals surface area contributed by atoms with E-state index in [0.29, 0.717) is 5.92 Å². The smallest absolute Gasteiger partial charge is 0.191 e. The van der Waals surface area contributed by atoms with Crippen LogP contribution in [-0.2, 0) is 14.9 Å². The van der Waals surface area contributed by atoms with Crippen LogP contribution in [0.15, 0.2) is 35.3 Å². The van der Waals surface area contributed by atoms with Crippen molar-refractivity contribution in [2.75, 3.05) is 46.1 Å². The van der Waals surface area contributed by atoms with E-state index in [0.717, 1.165) is 64.9 Å². The number of nitrogens with zero attached hydrogens (tertiary/aromatic N) is 1.